The van der Waals surface area contributed by atoms with Crippen LogP contribution in [0.3, 0.4) is 0 Å². The van der Waals surface area contributed by atoms with Crippen LogP contribution in [0.5, 0.6) is 5.75 Å². The molecule has 1 amide bonds. The normalized spacial score (nSPS) is 13.7. The SMILES string of the molecule is [B]N1CCN(c2ccc(Nc3ncc(C)c(Nc4cccc(NC(=O)C=C)c4)n3)c(OC)c2)CC1. The number of benzene rings is 2. The Balaban J connectivity index is 1.50. The van der Waals surface area contributed by atoms with Crippen molar-refractivity contribution in [3.63, 3.8) is 0 Å². The van der Waals surface area contributed by atoms with Gasteiger partial charge in [-0.2, -0.15) is 4.98 Å². The predicted octanol–water partition coefficient (Wildman–Crippen LogP) is 3.61. The third-order valence-electron chi connectivity index (χ3n) is 5.66. The van der Waals surface area contributed by atoms with E-state index in [1.54, 1.807) is 19.4 Å². The number of carbonyl (C=O) groups is 1. The second-order valence-corrected chi connectivity index (χ2v) is 8.16. The summed E-state index contributed by atoms with van der Waals surface area (Å²) in [7, 11) is 7.52. The van der Waals surface area contributed by atoms with Crippen molar-refractivity contribution in [1.82, 2.24) is 14.8 Å². The molecule has 0 bridgehead atoms. The van der Waals surface area contributed by atoms with E-state index < -0.39 is 0 Å². The van der Waals surface area contributed by atoms with Crippen molar-refractivity contribution in [2.45, 2.75) is 6.92 Å². The highest BCUT2D eigenvalue weighted by atomic mass is 16.5. The Morgan fingerprint density at radius 3 is 2.63 bits per heavy atom. The molecule has 3 aromatic rings. The van der Waals surface area contributed by atoms with Gasteiger partial charge in [0, 0.05) is 61.1 Å². The average Bonchev–Trinajstić information content (AvgIpc) is 2.87. The minimum atomic E-state index is -0.270. The largest absolute Gasteiger partial charge is 0.494 e. The van der Waals surface area contributed by atoms with E-state index >= 15 is 0 Å². The third-order valence-corrected chi connectivity index (χ3v) is 5.66. The summed E-state index contributed by atoms with van der Waals surface area (Å²) >= 11 is 0. The zero-order valence-electron chi connectivity index (χ0n) is 19.9. The van der Waals surface area contributed by atoms with Gasteiger partial charge in [0.2, 0.25) is 11.9 Å². The van der Waals surface area contributed by atoms with E-state index in [0.29, 0.717) is 23.2 Å². The molecule has 2 aromatic carbocycles. The molecule has 0 atom stereocenters. The van der Waals surface area contributed by atoms with E-state index in [2.05, 4.69) is 37.4 Å². The van der Waals surface area contributed by atoms with Gasteiger partial charge in [-0.3, -0.25) is 4.79 Å². The summed E-state index contributed by atoms with van der Waals surface area (Å²) in [6.07, 6.45) is 2.97. The van der Waals surface area contributed by atoms with Crippen LogP contribution in [0.4, 0.5) is 34.5 Å². The molecule has 0 unspecified atom stereocenters. The van der Waals surface area contributed by atoms with Crippen molar-refractivity contribution in [1.29, 1.82) is 0 Å². The number of ether oxygens (including phenoxy) is 1. The molecule has 10 heteroatoms. The minimum Gasteiger partial charge on any atom is -0.494 e. The van der Waals surface area contributed by atoms with Gasteiger partial charge in [-0.1, -0.05) is 12.6 Å². The second-order valence-electron chi connectivity index (χ2n) is 8.16. The van der Waals surface area contributed by atoms with Crippen LogP contribution < -0.4 is 25.6 Å². The van der Waals surface area contributed by atoms with Gasteiger partial charge in [-0.15, -0.1) is 0 Å². The summed E-state index contributed by atoms with van der Waals surface area (Å²) in [5.74, 6) is 1.50. The fourth-order valence-corrected chi connectivity index (χ4v) is 3.71. The van der Waals surface area contributed by atoms with Crippen LogP contribution in [0.15, 0.2) is 61.3 Å². The number of methoxy groups -OCH3 is 1. The smallest absolute Gasteiger partial charge is 0.247 e. The van der Waals surface area contributed by atoms with Crippen molar-refractivity contribution in [3.05, 3.63) is 66.9 Å². The number of aromatic nitrogens is 2. The van der Waals surface area contributed by atoms with Crippen LogP contribution in [0.1, 0.15) is 5.56 Å². The molecule has 9 nitrogen and oxygen atoms in total. The van der Waals surface area contributed by atoms with Crippen LogP contribution in [0.25, 0.3) is 0 Å². The Morgan fingerprint density at radius 2 is 1.89 bits per heavy atom. The Bertz CT molecular complexity index is 1210. The molecule has 2 heterocycles. The molecule has 3 N–H and O–H groups in total. The first kappa shape index (κ1) is 24.1. The lowest BCUT2D eigenvalue weighted by atomic mass is 10.2. The Labute approximate surface area is 206 Å². The molecule has 1 saturated heterocycles. The van der Waals surface area contributed by atoms with Crippen molar-refractivity contribution in [2.24, 2.45) is 0 Å². The van der Waals surface area contributed by atoms with Gasteiger partial charge in [0.1, 0.15) is 11.6 Å². The summed E-state index contributed by atoms with van der Waals surface area (Å²) in [5, 5.41) is 9.30. The van der Waals surface area contributed by atoms with Crippen LogP contribution in [-0.4, -0.2) is 62.0 Å². The maximum absolute atomic E-state index is 11.6. The standard InChI is InChI=1S/C25H28BN7O2/c1-4-23(34)28-18-6-5-7-19(14-18)29-24-17(2)16-27-25(31-24)30-21-9-8-20(15-22(21)35-3)32-10-12-33(26)13-11-32/h4-9,14-16H,1,10-13H2,2-3H3,(H,28,34)(H2,27,29,30,31). The highest BCUT2D eigenvalue weighted by Crippen LogP contribution is 2.32. The van der Waals surface area contributed by atoms with Gasteiger partial charge in [0.05, 0.1) is 12.8 Å². The molecule has 0 aliphatic carbocycles. The van der Waals surface area contributed by atoms with E-state index in [1.807, 2.05) is 48.1 Å². The van der Waals surface area contributed by atoms with Crippen LogP contribution in [0.2, 0.25) is 0 Å². The second kappa shape index (κ2) is 10.9. The number of nitrogens with zero attached hydrogens (tertiary/aromatic N) is 4. The fourth-order valence-electron chi connectivity index (χ4n) is 3.71. The highest BCUT2D eigenvalue weighted by Gasteiger charge is 2.16. The number of rotatable bonds is 8. The summed E-state index contributed by atoms with van der Waals surface area (Å²) < 4.78 is 5.64. The Kier molecular flexibility index (Phi) is 7.52. The Hall–Kier alpha value is -4.05. The number of anilines is 6. The number of amides is 1. The van der Waals surface area contributed by atoms with Crippen LogP contribution >= 0.6 is 0 Å². The molecule has 0 saturated carbocycles. The molecular weight excluding hydrogens is 441 g/mol. The van der Waals surface area contributed by atoms with E-state index in [1.165, 1.54) is 6.08 Å². The summed E-state index contributed by atoms with van der Waals surface area (Å²) in [6, 6.07) is 13.4. The predicted molar refractivity (Wildman–Crippen MR) is 141 cm³/mol. The summed E-state index contributed by atoms with van der Waals surface area (Å²) in [4.78, 5) is 24.8. The molecule has 1 fully saturated rings. The zero-order valence-corrected chi connectivity index (χ0v) is 19.9. The van der Waals surface area contributed by atoms with Gasteiger partial charge in [-0.05, 0) is 43.3 Å². The minimum absolute atomic E-state index is 0.270. The lowest BCUT2D eigenvalue weighted by Gasteiger charge is -2.34. The zero-order chi connectivity index (χ0) is 24.8. The first-order valence-corrected chi connectivity index (χ1v) is 11.3. The molecule has 4 rings (SSSR count). The maximum atomic E-state index is 11.6. The molecule has 0 spiro atoms. The Morgan fingerprint density at radius 1 is 1.11 bits per heavy atom. The molecule has 1 aromatic heterocycles. The van der Waals surface area contributed by atoms with Crippen LogP contribution in [-0.2, 0) is 4.79 Å². The van der Waals surface area contributed by atoms with Crippen LogP contribution in [0, 0.1) is 6.92 Å². The summed E-state index contributed by atoms with van der Waals surface area (Å²) in [5.41, 5.74) is 4.15. The average molecular weight is 469 g/mol. The van der Waals surface area contributed by atoms with E-state index in [0.717, 1.165) is 48.8 Å². The topological polar surface area (TPSA) is 94.7 Å². The number of piperazine rings is 1. The highest BCUT2D eigenvalue weighted by molar-refractivity contribution is 6.04. The van der Waals surface area contributed by atoms with Gasteiger partial charge < -0.3 is 30.4 Å². The lowest BCUT2D eigenvalue weighted by molar-refractivity contribution is -0.111. The maximum Gasteiger partial charge on any atom is 0.247 e. The first-order chi connectivity index (χ1) is 16.9. The molecule has 35 heavy (non-hydrogen) atoms. The monoisotopic (exact) mass is 469 g/mol. The molecular formula is C25H28BN7O2. The van der Waals surface area contributed by atoms with E-state index in [4.69, 9.17) is 12.7 Å². The van der Waals surface area contributed by atoms with E-state index in [9.17, 15) is 4.79 Å². The number of nitrogens with one attached hydrogen (secondary N) is 3. The lowest BCUT2D eigenvalue weighted by Crippen LogP contribution is -2.45. The quantitative estimate of drug-likeness (QED) is 0.340. The molecule has 178 valence electrons. The van der Waals surface area contributed by atoms with Crippen molar-refractivity contribution < 1.29 is 9.53 Å². The fraction of sp³-hybridized carbons (Fsp3) is 0.240. The number of hydrogen-bond acceptors (Lipinski definition) is 8. The van der Waals surface area contributed by atoms with Crippen molar-refractivity contribution >= 4 is 48.4 Å². The van der Waals surface area contributed by atoms with Gasteiger partial charge in [0.15, 0.2) is 7.98 Å². The summed E-state index contributed by atoms with van der Waals surface area (Å²) in [6.45, 7) is 8.76. The van der Waals surface area contributed by atoms with Crippen molar-refractivity contribution in [2.75, 3.05) is 54.1 Å². The van der Waals surface area contributed by atoms with Crippen molar-refractivity contribution in [3.8, 4) is 5.75 Å². The number of carbonyl (C=O) groups excluding carboxylic acids is 1. The number of aryl methyl sites for hydroxylation is 1. The molecule has 1 aliphatic heterocycles. The van der Waals surface area contributed by atoms with Gasteiger partial charge >= 0.3 is 0 Å². The first-order valence-electron chi connectivity index (χ1n) is 11.3. The third kappa shape index (κ3) is 6.10. The van der Waals surface area contributed by atoms with Gasteiger partial charge in [-0.25, -0.2) is 4.98 Å². The molecule has 1 aliphatic rings. The number of hydrogen-bond donors (Lipinski definition) is 3. The van der Waals surface area contributed by atoms with E-state index in [-0.39, 0.29) is 5.91 Å². The van der Waals surface area contributed by atoms with Gasteiger partial charge in [0.25, 0.3) is 0 Å². The molecule has 2 radical (unpaired) electrons.